The summed E-state index contributed by atoms with van der Waals surface area (Å²) in [5.74, 6) is 1.20. The number of aliphatic imine (C=N–C) groups is 1. The van der Waals surface area contributed by atoms with Crippen LogP contribution in [0.15, 0.2) is 52.1 Å². The molecule has 6 nitrogen and oxygen atoms in total. The lowest BCUT2D eigenvalue weighted by Crippen LogP contribution is -2.44. The summed E-state index contributed by atoms with van der Waals surface area (Å²) >= 11 is 0. The second-order valence-electron chi connectivity index (χ2n) is 7.08. The molecule has 1 atom stereocenters. The second kappa shape index (κ2) is 12.9. The third-order valence-corrected chi connectivity index (χ3v) is 4.71. The SMILES string of the molecule is CCNC(=NCc1cccc(CN(CC)CC)c1)NCC(C)(O)c1ccco1.I. The van der Waals surface area contributed by atoms with E-state index in [-0.39, 0.29) is 24.0 Å². The zero-order chi connectivity index (χ0) is 20.4. The van der Waals surface area contributed by atoms with Gasteiger partial charge in [-0.3, -0.25) is 4.90 Å². The minimum atomic E-state index is -1.11. The molecule has 7 heteroatoms. The Morgan fingerprint density at radius 3 is 2.45 bits per heavy atom. The number of guanidine groups is 1. The minimum absolute atomic E-state index is 0. The highest BCUT2D eigenvalue weighted by atomic mass is 127. The smallest absolute Gasteiger partial charge is 0.191 e. The Morgan fingerprint density at radius 2 is 1.83 bits per heavy atom. The maximum Gasteiger partial charge on any atom is 0.191 e. The molecule has 0 radical (unpaired) electrons. The highest BCUT2D eigenvalue weighted by molar-refractivity contribution is 14.0. The maximum absolute atomic E-state index is 10.6. The predicted octanol–water partition coefficient (Wildman–Crippen LogP) is 3.70. The number of furan rings is 1. The van der Waals surface area contributed by atoms with Crippen LogP contribution in [0.5, 0.6) is 0 Å². The van der Waals surface area contributed by atoms with Gasteiger partial charge in [0, 0.05) is 13.1 Å². The summed E-state index contributed by atoms with van der Waals surface area (Å²) in [6.45, 7) is 12.8. The van der Waals surface area contributed by atoms with Crippen LogP contribution in [-0.4, -0.2) is 42.1 Å². The lowest BCUT2D eigenvalue weighted by Gasteiger charge is -2.22. The van der Waals surface area contributed by atoms with Gasteiger partial charge in [0.2, 0.25) is 0 Å². The molecule has 0 spiro atoms. The maximum atomic E-state index is 10.6. The van der Waals surface area contributed by atoms with Crippen LogP contribution in [-0.2, 0) is 18.7 Å². The first-order chi connectivity index (χ1) is 13.5. The van der Waals surface area contributed by atoms with Crippen LogP contribution in [0, 0.1) is 0 Å². The lowest BCUT2D eigenvalue weighted by molar-refractivity contribution is 0.0386. The number of benzene rings is 1. The molecule has 0 saturated heterocycles. The summed E-state index contributed by atoms with van der Waals surface area (Å²) in [5.41, 5.74) is 1.36. The quantitative estimate of drug-likeness (QED) is 0.256. The molecule has 2 aromatic rings. The molecule has 0 aliphatic heterocycles. The van der Waals surface area contributed by atoms with E-state index in [9.17, 15) is 5.11 Å². The van der Waals surface area contributed by atoms with Crippen LogP contribution in [0.3, 0.4) is 0 Å². The van der Waals surface area contributed by atoms with Crippen molar-refractivity contribution in [3.05, 3.63) is 59.5 Å². The van der Waals surface area contributed by atoms with Crippen LogP contribution in [0.2, 0.25) is 0 Å². The van der Waals surface area contributed by atoms with Crippen LogP contribution in [0.25, 0.3) is 0 Å². The van der Waals surface area contributed by atoms with Crippen molar-refractivity contribution in [2.24, 2.45) is 4.99 Å². The summed E-state index contributed by atoms with van der Waals surface area (Å²) in [7, 11) is 0. The lowest BCUT2D eigenvalue weighted by atomic mass is 10.0. The minimum Gasteiger partial charge on any atom is -0.466 e. The zero-order valence-electron chi connectivity index (χ0n) is 17.9. The van der Waals surface area contributed by atoms with Crippen molar-refractivity contribution in [2.45, 2.75) is 46.4 Å². The molecule has 2 rings (SSSR count). The van der Waals surface area contributed by atoms with E-state index < -0.39 is 5.60 Å². The molecular formula is C22H35IN4O2. The first-order valence-electron chi connectivity index (χ1n) is 10.1. The molecule has 3 N–H and O–H groups in total. The monoisotopic (exact) mass is 514 g/mol. The van der Waals surface area contributed by atoms with Crippen molar-refractivity contribution < 1.29 is 9.52 Å². The molecule has 1 aromatic heterocycles. The van der Waals surface area contributed by atoms with Crippen molar-refractivity contribution in [1.82, 2.24) is 15.5 Å². The van der Waals surface area contributed by atoms with Crippen molar-refractivity contribution in [1.29, 1.82) is 0 Å². The van der Waals surface area contributed by atoms with Crippen LogP contribution in [0.1, 0.15) is 44.6 Å². The van der Waals surface area contributed by atoms with Crippen molar-refractivity contribution in [3.63, 3.8) is 0 Å². The van der Waals surface area contributed by atoms with E-state index in [1.54, 1.807) is 25.3 Å². The summed E-state index contributed by atoms with van der Waals surface area (Å²) in [6, 6.07) is 12.1. The Kier molecular flexibility index (Phi) is 11.3. The van der Waals surface area contributed by atoms with Gasteiger partial charge in [-0.05, 0) is 50.2 Å². The van der Waals surface area contributed by atoms with Gasteiger partial charge >= 0.3 is 0 Å². The molecule has 0 saturated carbocycles. The summed E-state index contributed by atoms with van der Waals surface area (Å²) in [4.78, 5) is 7.06. The number of hydrogen-bond acceptors (Lipinski definition) is 4. The number of hydrogen-bond donors (Lipinski definition) is 3. The average molecular weight is 514 g/mol. The first kappa shape index (κ1) is 25.5. The van der Waals surface area contributed by atoms with E-state index in [1.165, 1.54) is 11.1 Å². The molecule has 0 aliphatic rings. The van der Waals surface area contributed by atoms with E-state index in [0.29, 0.717) is 24.8 Å². The van der Waals surface area contributed by atoms with Gasteiger partial charge in [-0.1, -0.05) is 38.1 Å². The van der Waals surface area contributed by atoms with E-state index in [4.69, 9.17) is 4.42 Å². The van der Waals surface area contributed by atoms with E-state index in [2.05, 4.69) is 58.6 Å². The number of aliphatic hydroxyl groups is 1. The highest BCUT2D eigenvalue weighted by Crippen LogP contribution is 2.19. The molecule has 29 heavy (non-hydrogen) atoms. The molecule has 162 valence electrons. The standard InChI is InChI=1S/C22H34N4O2.HI/c1-5-23-21(25-17-22(4,27)20-12-9-13-28-20)24-15-18-10-8-11-19(14-18)16-26(6-2)7-3;/h8-14,27H,5-7,15-17H2,1-4H3,(H2,23,24,25);1H. The van der Waals surface area contributed by atoms with Crippen LogP contribution >= 0.6 is 24.0 Å². The molecule has 1 unspecified atom stereocenters. The first-order valence-corrected chi connectivity index (χ1v) is 10.1. The van der Waals surface area contributed by atoms with Gasteiger partial charge in [0.05, 0.1) is 19.4 Å². The summed E-state index contributed by atoms with van der Waals surface area (Å²) in [5, 5.41) is 17.0. The van der Waals surface area contributed by atoms with Crippen molar-refractivity contribution in [3.8, 4) is 0 Å². The molecule has 0 amide bonds. The zero-order valence-corrected chi connectivity index (χ0v) is 20.3. The van der Waals surface area contributed by atoms with E-state index >= 15 is 0 Å². The molecular weight excluding hydrogens is 479 g/mol. The molecule has 0 fully saturated rings. The van der Waals surface area contributed by atoms with Gasteiger partial charge in [0.1, 0.15) is 11.4 Å². The van der Waals surface area contributed by atoms with Gasteiger partial charge < -0.3 is 20.2 Å². The molecule has 0 aliphatic carbocycles. The van der Waals surface area contributed by atoms with Crippen LogP contribution in [0.4, 0.5) is 0 Å². The number of halogens is 1. The molecule has 1 heterocycles. The normalized spacial score (nSPS) is 13.7. The molecule has 1 aromatic carbocycles. The summed E-state index contributed by atoms with van der Waals surface area (Å²) in [6.07, 6.45) is 1.56. The Morgan fingerprint density at radius 1 is 1.10 bits per heavy atom. The Labute approximate surface area is 191 Å². The largest absolute Gasteiger partial charge is 0.466 e. The van der Waals surface area contributed by atoms with Crippen LogP contribution < -0.4 is 10.6 Å². The van der Waals surface area contributed by atoms with Gasteiger partial charge in [-0.15, -0.1) is 24.0 Å². The Hall–Kier alpha value is -1.58. The number of nitrogens with one attached hydrogen (secondary N) is 2. The van der Waals surface area contributed by atoms with Gasteiger partial charge in [-0.25, -0.2) is 4.99 Å². The second-order valence-corrected chi connectivity index (χ2v) is 7.08. The Bertz CT molecular complexity index is 728. The van der Waals surface area contributed by atoms with Crippen molar-refractivity contribution >= 4 is 29.9 Å². The van der Waals surface area contributed by atoms with Gasteiger partial charge in [0.15, 0.2) is 5.96 Å². The predicted molar refractivity (Wildman–Crippen MR) is 130 cm³/mol. The number of nitrogens with zero attached hydrogens (tertiary/aromatic N) is 2. The fraction of sp³-hybridized carbons (Fsp3) is 0.500. The average Bonchev–Trinajstić information content (AvgIpc) is 3.24. The topological polar surface area (TPSA) is 73.0 Å². The fourth-order valence-electron chi connectivity index (χ4n) is 2.97. The highest BCUT2D eigenvalue weighted by Gasteiger charge is 2.26. The Balaban J connectivity index is 0.00000420. The molecule has 0 bridgehead atoms. The van der Waals surface area contributed by atoms with E-state index in [0.717, 1.165) is 26.2 Å². The fourth-order valence-corrected chi connectivity index (χ4v) is 2.97. The van der Waals surface area contributed by atoms with Gasteiger partial charge in [-0.2, -0.15) is 0 Å². The van der Waals surface area contributed by atoms with E-state index in [1.807, 2.05) is 6.92 Å². The third kappa shape index (κ3) is 8.36. The van der Waals surface area contributed by atoms with Crippen molar-refractivity contribution in [2.75, 3.05) is 26.2 Å². The van der Waals surface area contributed by atoms with Gasteiger partial charge in [0.25, 0.3) is 0 Å². The third-order valence-electron chi connectivity index (χ3n) is 4.71. The number of rotatable bonds is 10. The summed E-state index contributed by atoms with van der Waals surface area (Å²) < 4.78 is 5.33.